The number of rotatable bonds is 5. The number of carbonyl (C=O) groups is 1. The summed E-state index contributed by atoms with van der Waals surface area (Å²) in [4.78, 5) is 12.4. The third-order valence-corrected chi connectivity index (χ3v) is 4.88. The minimum atomic E-state index is -0.355. The van der Waals surface area contributed by atoms with Crippen LogP contribution in [0.3, 0.4) is 0 Å². The zero-order valence-electron chi connectivity index (χ0n) is 13.3. The Balaban J connectivity index is 1.87. The van der Waals surface area contributed by atoms with E-state index in [1.165, 1.54) is 19.2 Å². The van der Waals surface area contributed by atoms with Gasteiger partial charge in [0.1, 0.15) is 12.6 Å². The number of esters is 1. The number of hydrogen-bond donors (Lipinski definition) is 1. The molecule has 2 bridgehead atoms. The van der Waals surface area contributed by atoms with E-state index in [0.29, 0.717) is 0 Å². The fourth-order valence-corrected chi connectivity index (χ4v) is 3.90. The van der Waals surface area contributed by atoms with Crippen LogP contribution in [0.5, 0.6) is 0 Å². The first-order valence-corrected chi connectivity index (χ1v) is 7.84. The summed E-state index contributed by atoms with van der Waals surface area (Å²) in [6.45, 7) is 0.199. The number of piperidine rings is 1. The molecule has 2 fully saturated rings. The van der Waals surface area contributed by atoms with E-state index in [1.54, 1.807) is 19.2 Å². The summed E-state index contributed by atoms with van der Waals surface area (Å²) >= 11 is 0. The van der Waals surface area contributed by atoms with Gasteiger partial charge in [0.15, 0.2) is 0 Å². The molecule has 0 aliphatic carbocycles. The molecular weight excluding hydrogens is 301 g/mol. The van der Waals surface area contributed by atoms with E-state index in [1.807, 2.05) is 0 Å². The van der Waals surface area contributed by atoms with Gasteiger partial charge in [0.2, 0.25) is 0 Å². The Hall–Kier alpha value is -1.50. The summed E-state index contributed by atoms with van der Waals surface area (Å²) in [5.74, 6) is -0.897. The van der Waals surface area contributed by atoms with E-state index in [-0.39, 0.29) is 48.6 Å². The lowest BCUT2D eigenvalue weighted by Gasteiger charge is -2.37. The number of nitrogens with one attached hydrogen (secondary N) is 1. The fraction of sp³-hybridized carbons (Fsp3) is 0.588. The van der Waals surface area contributed by atoms with Crippen molar-refractivity contribution in [3.8, 4) is 0 Å². The van der Waals surface area contributed by atoms with Crippen LogP contribution in [0.25, 0.3) is 0 Å². The molecule has 3 rings (SSSR count). The summed E-state index contributed by atoms with van der Waals surface area (Å²) in [7, 11) is 2.98. The second-order valence-corrected chi connectivity index (χ2v) is 6.18. The van der Waals surface area contributed by atoms with Crippen LogP contribution in [0.15, 0.2) is 24.3 Å². The molecule has 1 aromatic carbocycles. The Morgan fingerprint density at radius 2 is 2.00 bits per heavy atom. The molecule has 0 radical (unpaired) electrons. The van der Waals surface area contributed by atoms with Gasteiger partial charge in [-0.15, -0.1) is 0 Å². The van der Waals surface area contributed by atoms with Gasteiger partial charge in [-0.05, 0) is 30.5 Å². The monoisotopic (exact) mass is 323 g/mol. The van der Waals surface area contributed by atoms with Gasteiger partial charge in [0, 0.05) is 25.1 Å². The number of ether oxygens (including phenoxy) is 3. The summed E-state index contributed by atoms with van der Waals surface area (Å²) in [6.07, 6.45) is 1.54. The molecule has 2 aliphatic heterocycles. The smallest absolute Gasteiger partial charge is 0.310 e. The molecule has 1 aromatic rings. The highest BCUT2D eigenvalue weighted by atomic mass is 19.1. The fourth-order valence-electron chi connectivity index (χ4n) is 3.90. The maximum absolute atomic E-state index is 13.2. The van der Waals surface area contributed by atoms with Crippen molar-refractivity contribution in [3.63, 3.8) is 0 Å². The Kier molecular flexibility index (Phi) is 4.94. The molecule has 2 saturated heterocycles. The molecule has 1 N–H and O–H groups in total. The first-order chi connectivity index (χ1) is 11.1. The lowest BCUT2D eigenvalue weighted by Crippen LogP contribution is -2.51. The van der Waals surface area contributed by atoms with Gasteiger partial charge >= 0.3 is 5.97 Å². The minimum Gasteiger partial charge on any atom is -0.469 e. The third-order valence-electron chi connectivity index (χ3n) is 4.88. The van der Waals surface area contributed by atoms with Crippen LogP contribution in [0.1, 0.15) is 24.3 Å². The van der Waals surface area contributed by atoms with Crippen LogP contribution < -0.4 is 5.32 Å². The second kappa shape index (κ2) is 6.95. The zero-order chi connectivity index (χ0) is 16.4. The summed E-state index contributed by atoms with van der Waals surface area (Å²) in [6, 6.07) is 6.54. The van der Waals surface area contributed by atoms with Crippen molar-refractivity contribution in [3.05, 3.63) is 35.6 Å². The van der Waals surface area contributed by atoms with Gasteiger partial charge in [0.25, 0.3) is 0 Å². The van der Waals surface area contributed by atoms with E-state index >= 15 is 0 Å². The largest absolute Gasteiger partial charge is 0.469 e. The van der Waals surface area contributed by atoms with Gasteiger partial charge in [-0.25, -0.2) is 4.39 Å². The van der Waals surface area contributed by atoms with E-state index in [0.717, 1.165) is 18.4 Å². The van der Waals surface area contributed by atoms with Crippen molar-refractivity contribution in [2.24, 2.45) is 5.92 Å². The molecular formula is C17H22FNO4. The van der Waals surface area contributed by atoms with Gasteiger partial charge in [-0.3, -0.25) is 4.79 Å². The molecule has 0 saturated carbocycles. The molecule has 0 amide bonds. The van der Waals surface area contributed by atoms with Crippen molar-refractivity contribution in [1.29, 1.82) is 0 Å². The number of hydrogen-bond acceptors (Lipinski definition) is 5. The summed E-state index contributed by atoms with van der Waals surface area (Å²) in [5.41, 5.74) is 0.964. The number of fused-ring (bicyclic) bond motifs is 2. The number of methoxy groups -OCH3 is 2. The van der Waals surface area contributed by atoms with E-state index in [4.69, 9.17) is 14.2 Å². The predicted molar refractivity (Wildman–Crippen MR) is 81.3 cm³/mol. The Morgan fingerprint density at radius 3 is 2.65 bits per heavy atom. The summed E-state index contributed by atoms with van der Waals surface area (Å²) in [5, 5.41) is 3.47. The molecule has 3 unspecified atom stereocenters. The van der Waals surface area contributed by atoms with Crippen LogP contribution >= 0.6 is 0 Å². The molecule has 6 heteroatoms. The van der Waals surface area contributed by atoms with Crippen molar-refractivity contribution in [2.45, 2.75) is 36.9 Å². The van der Waals surface area contributed by atoms with Gasteiger partial charge in [-0.1, -0.05) is 12.1 Å². The molecule has 23 heavy (non-hydrogen) atoms. The predicted octanol–water partition coefficient (Wildman–Crippen LogP) is 1.82. The molecule has 5 nitrogen and oxygen atoms in total. The van der Waals surface area contributed by atoms with Crippen LogP contribution in [-0.4, -0.2) is 45.2 Å². The van der Waals surface area contributed by atoms with Crippen LogP contribution in [-0.2, 0) is 19.0 Å². The SMILES string of the molecule is COCOC1CC2C[C@@H](c3ccc(F)cc3)[C@H](C(=O)OC)C1N2. The van der Waals surface area contributed by atoms with Crippen LogP contribution in [0, 0.1) is 11.7 Å². The van der Waals surface area contributed by atoms with Gasteiger partial charge in [0.05, 0.1) is 19.1 Å². The van der Waals surface area contributed by atoms with Gasteiger partial charge < -0.3 is 19.5 Å². The second-order valence-electron chi connectivity index (χ2n) is 6.18. The molecule has 2 heterocycles. The lowest BCUT2D eigenvalue weighted by molar-refractivity contribution is -0.150. The molecule has 126 valence electrons. The standard InChI is InChI=1S/C17H22FNO4/c1-21-9-23-14-8-12-7-13(10-3-5-11(18)6-4-10)15(16(14)19-12)17(20)22-2/h3-6,12-16,19H,7-9H2,1-2H3/t12?,13-,14?,15-,16?/m0/s1. The lowest BCUT2D eigenvalue weighted by atomic mass is 9.76. The zero-order valence-corrected chi connectivity index (χ0v) is 13.3. The summed E-state index contributed by atoms with van der Waals surface area (Å²) < 4.78 is 29.0. The third kappa shape index (κ3) is 3.24. The normalized spacial score (nSPS) is 32.7. The first kappa shape index (κ1) is 16.4. The molecule has 0 aromatic heterocycles. The number of halogens is 1. The van der Waals surface area contributed by atoms with Crippen molar-refractivity contribution < 1.29 is 23.4 Å². The average molecular weight is 323 g/mol. The van der Waals surface area contributed by atoms with Gasteiger partial charge in [-0.2, -0.15) is 0 Å². The molecule has 5 atom stereocenters. The van der Waals surface area contributed by atoms with E-state index in [2.05, 4.69) is 5.32 Å². The molecule has 2 aliphatic rings. The number of benzene rings is 1. The minimum absolute atomic E-state index is 0.00422. The first-order valence-electron chi connectivity index (χ1n) is 7.84. The van der Waals surface area contributed by atoms with E-state index in [9.17, 15) is 9.18 Å². The van der Waals surface area contributed by atoms with Crippen LogP contribution in [0.2, 0.25) is 0 Å². The van der Waals surface area contributed by atoms with E-state index < -0.39 is 0 Å². The quantitative estimate of drug-likeness (QED) is 0.662. The highest BCUT2D eigenvalue weighted by Gasteiger charge is 2.51. The van der Waals surface area contributed by atoms with Crippen molar-refractivity contribution in [1.82, 2.24) is 5.32 Å². The highest BCUT2D eigenvalue weighted by Crippen LogP contribution is 2.43. The maximum Gasteiger partial charge on any atom is 0.310 e. The van der Waals surface area contributed by atoms with Crippen LogP contribution in [0.4, 0.5) is 4.39 Å². The topological polar surface area (TPSA) is 56.8 Å². The average Bonchev–Trinajstić information content (AvgIpc) is 2.89. The molecule has 0 spiro atoms. The van der Waals surface area contributed by atoms with Crippen molar-refractivity contribution >= 4 is 5.97 Å². The highest BCUT2D eigenvalue weighted by molar-refractivity contribution is 5.75. The number of carbonyl (C=O) groups excluding carboxylic acids is 1. The Labute approximate surface area is 135 Å². The Morgan fingerprint density at radius 1 is 1.26 bits per heavy atom. The van der Waals surface area contributed by atoms with Crippen molar-refractivity contribution in [2.75, 3.05) is 21.0 Å². The Bertz CT molecular complexity index is 550. The maximum atomic E-state index is 13.2.